The first-order valence-corrected chi connectivity index (χ1v) is 9.56. The van der Waals surface area contributed by atoms with Crippen molar-refractivity contribution >= 4 is 21.6 Å². The second-order valence-electron chi connectivity index (χ2n) is 5.85. The third-order valence-electron chi connectivity index (χ3n) is 4.08. The van der Waals surface area contributed by atoms with E-state index >= 15 is 0 Å². The number of hydrogen-bond donors (Lipinski definition) is 1. The van der Waals surface area contributed by atoms with Gasteiger partial charge in [-0.15, -0.1) is 0 Å². The van der Waals surface area contributed by atoms with E-state index in [4.69, 9.17) is 11.6 Å². The summed E-state index contributed by atoms with van der Waals surface area (Å²) >= 11 is 5.93. The van der Waals surface area contributed by atoms with Crippen LogP contribution in [0.5, 0.6) is 0 Å². The lowest BCUT2D eigenvalue weighted by molar-refractivity contribution is 0.133. The van der Waals surface area contributed by atoms with E-state index in [1.54, 1.807) is 0 Å². The van der Waals surface area contributed by atoms with Gasteiger partial charge in [-0.25, -0.2) is 13.1 Å². The first kappa shape index (κ1) is 16.7. The van der Waals surface area contributed by atoms with Crippen LogP contribution in [-0.2, 0) is 10.0 Å². The number of piperidine rings is 1. The monoisotopic (exact) mass is 330 g/mol. The van der Waals surface area contributed by atoms with Gasteiger partial charge in [0.1, 0.15) is 0 Å². The summed E-state index contributed by atoms with van der Waals surface area (Å²) in [4.78, 5) is 2.42. The molecular weight excluding hydrogens is 308 g/mol. The summed E-state index contributed by atoms with van der Waals surface area (Å²) in [5.74, 6) is 0.378. The highest BCUT2D eigenvalue weighted by Crippen LogP contribution is 2.27. The lowest BCUT2D eigenvalue weighted by Crippen LogP contribution is -2.41. The van der Waals surface area contributed by atoms with Gasteiger partial charge >= 0.3 is 0 Å². The molecule has 1 saturated heterocycles. The molecule has 0 amide bonds. The van der Waals surface area contributed by atoms with Crippen molar-refractivity contribution in [3.63, 3.8) is 0 Å². The Kier molecular flexibility index (Phi) is 5.66. The number of benzene rings is 1. The van der Waals surface area contributed by atoms with Gasteiger partial charge in [-0.05, 0) is 49.9 Å². The summed E-state index contributed by atoms with van der Waals surface area (Å²) < 4.78 is 25.0. The van der Waals surface area contributed by atoms with Gasteiger partial charge in [0.05, 0.1) is 6.26 Å². The van der Waals surface area contributed by atoms with Crippen molar-refractivity contribution in [1.29, 1.82) is 0 Å². The summed E-state index contributed by atoms with van der Waals surface area (Å²) in [5.41, 5.74) is 1.25. The Morgan fingerprint density at radius 1 is 1.38 bits per heavy atom. The van der Waals surface area contributed by atoms with E-state index in [0.717, 1.165) is 31.0 Å². The first-order valence-electron chi connectivity index (χ1n) is 7.29. The van der Waals surface area contributed by atoms with Crippen LogP contribution >= 0.6 is 11.6 Å². The molecule has 2 atom stereocenters. The van der Waals surface area contributed by atoms with Gasteiger partial charge in [0.25, 0.3) is 0 Å². The zero-order valence-electron chi connectivity index (χ0n) is 12.5. The number of nitrogens with one attached hydrogen (secondary N) is 1. The van der Waals surface area contributed by atoms with Crippen molar-refractivity contribution in [3.05, 3.63) is 34.9 Å². The average molecular weight is 331 g/mol. The fraction of sp³-hybridized carbons (Fsp3) is 0.600. The highest BCUT2D eigenvalue weighted by Gasteiger charge is 2.24. The standard InChI is InChI=1S/C15H23ClN2O2S/c1-12(14-5-7-15(16)8-6-14)18-9-3-4-13(11-18)10-17-21(2,19)20/h5-8,12-13,17H,3-4,9-11H2,1-2H3/t12-,13+/m1/s1. The van der Waals surface area contributed by atoms with E-state index < -0.39 is 10.0 Å². The Balaban J connectivity index is 1.95. The normalized spacial score (nSPS) is 22.1. The molecule has 1 N–H and O–H groups in total. The lowest BCUT2D eigenvalue weighted by atomic mass is 9.95. The fourth-order valence-corrected chi connectivity index (χ4v) is 3.50. The molecule has 6 heteroatoms. The van der Waals surface area contributed by atoms with E-state index in [-0.39, 0.29) is 0 Å². The molecular formula is C15H23ClN2O2S. The minimum absolute atomic E-state index is 0.323. The SMILES string of the molecule is C[C@H](c1ccc(Cl)cc1)N1CCC[C@@H](CNS(C)(=O)=O)C1. The van der Waals surface area contributed by atoms with Crippen molar-refractivity contribution in [2.75, 3.05) is 25.9 Å². The topological polar surface area (TPSA) is 49.4 Å². The molecule has 1 aromatic carbocycles. The molecule has 4 nitrogen and oxygen atoms in total. The molecule has 1 aliphatic heterocycles. The van der Waals surface area contributed by atoms with Gasteiger partial charge in [-0.1, -0.05) is 23.7 Å². The predicted molar refractivity (Wildman–Crippen MR) is 87.0 cm³/mol. The zero-order chi connectivity index (χ0) is 15.5. The Labute approximate surface area is 132 Å². The largest absolute Gasteiger partial charge is 0.296 e. The van der Waals surface area contributed by atoms with Crippen molar-refractivity contribution in [2.24, 2.45) is 5.92 Å². The molecule has 118 valence electrons. The molecule has 21 heavy (non-hydrogen) atoms. The number of likely N-dealkylation sites (tertiary alicyclic amines) is 1. The third-order valence-corrected chi connectivity index (χ3v) is 5.03. The molecule has 0 radical (unpaired) electrons. The summed E-state index contributed by atoms with van der Waals surface area (Å²) in [6.07, 6.45) is 3.39. The van der Waals surface area contributed by atoms with Crippen molar-refractivity contribution in [1.82, 2.24) is 9.62 Å². The quantitative estimate of drug-likeness (QED) is 0.903. The summed E-state index contributed by atoms with van der Waals surface area (Å²) in [6, 6.07) is 8.28. The van der Waals surface area contributed by atoms with E-state index in [1.807, 2.05) is 12.1 Å². The lowest BCUT2D eigenvalue weighted by Gasteiger charge is -2.37. The molecule has 0 aromatic heterocycles. The Morgan fingerprint density at radius 3 is 2.67 bits per heavy atom. The maximum atomic E-state index is 11.2. The van der Waals surface area contributed by atoms with Gasteiger partial charge in [-0.3, -0.25) is 4.90 Å². The number of rotatable bonds is 5. The highest BCUT2D eigenvalue weighted by molar-refractivity contribution is 7.88. The smallest absolute Gasteiger partial charge is 0.208 e. The molecule has 0 spiro atoms. The first-order chi connectivity index (χ1) is 9.85. The number of hydrogen-bond acceptors (Lipinski definition) is 3. The van der Waals surface area contributed by atoms with Crippen LogP contribution in [0.3, 0.4) is 0 Å². The molecule has 1 aromatic rings. The van der Waals surface area contributed by atoms with Gasteiger partial charge in [0, 0.05) is 24.2 Å². The summed E-state index contributed by atoms with van der Waals surface area (Å²) in [7, 11) is -3.10. The predicted octanol–water partition coefficient (Wildman–Crippen LogP) is 2.66. The van der Waals surface area contributed by atoms with Crippen LogP contribution in [0, 0.1) is 5.92 Å². The molecule has 0 saturated carbocycles. The van der Waals surface area contributed by atoms with Crippen LogP contribution in [0.4, 0.5) is 0 Å². The summed E-state index contributed by atoms with van der Waals surface area (Å²) in [5, 5.41) is 0.750. The second-order valence-corrected chi connectivity index (χ2v) is 8.12. The summed E-state index contributed by atoms with van der Waals surface area (Å²) in [6.45, 7) is 4.70. The average Bonchev–Trinajstić information content (AvgIpc) is 2.45. The third kappa shape index (κ3) is 5.25. The van der Waals surface area contributed by atoms with Crippen LogP contribution in [0.25, 0.3) is 0 Å². The van der Waals surface area contributed by atoms with E-state index in [2.05, 4.69) is 28.7 Å². The molecule has 0 unspecified atom stereocenters. The molecule has 1 heterocycles. The highest BCUT2D eigenvalue weighted by atomic mass is 35.5. The molecule has 1 aliphatic rings. The van der Waals surface area contributed by atoms with E-state index in [0.29, 0.717) is 18.5 Å². The van der Waals surface area contributed by atoms with E-state index in [9.17, 15) is 8.42 Å². The molecule has 2 rings (SSSR count). The van der Waals surface area contributed by atoms with Crippen LogP contribution in [-0.4, -0.2) is 39.2 Å². The maximum Gasteiger partial charge on any atom is 0.208 e. The number of sulfonamides is 1. The minimum Gasteiger partial charge on any atom is -0.296 e. The van der Waals surface area contributed by atoms with Gasteiger partial charge in [0.15, 0.2) is 0 Å². The Hall–Kier alpha value is -0.620. The fourth-order valence-electron chi connectivity index (χ4n) is 2.84. The maximum absolute atomic E-state index is 11.2. The van der Waals surface area contributed by atoms with Gasteiger partial charge in [0.2, 0.25) is 10.0 Å². The molecule has 0 bridgehead atoms. The number of halogens is 1. The van der Waals surface area contributed by atoms with Crippen LogP contribution in [0.1, 0.15) is 31.4 Å². The Morgan fingerprint density at radius 2 is 2.05 bits per heavy atom. The number of nitrogens with zero attached hydrogens (tertiary/aromatic N) is 1. The molecule has 1 fully saturated rings. The van der Waals surface area contributed by atoms with Crippen LogP contribution in [0.2, 0.25) is 5.02 Å². The van der Waals surface area contributed by atoms with Crippen LogP contribution in [0.15, 0.2) is 24.3 Å². The van der Waals surface area contributed by atoms with E-state index in [1.165, 1.54) is 11.8 Å². The van der Waals surface area contributed by atoms with Crippen molar-refractivity contribution < 1.29 is 8.42 Å². The van der Waals surface area contributed by atoms with Crippen molar-refractivity contribution in [2.45, 2.75) is 25.8 Å². The molecule has 0 aliphatic carbocycles. The van der Waals surface area contributed by atoms with Gasteiger partial charge in [-0.2, -0.15) is 0 Å². The zero-order valence-corrected chi connectivity index (χ0v) is 14.1. The minimum atomic E-state index is -3.10. The van der Waals surface area contributed by atoms with Gasteiger partial charge < -0.3 is 0 Å². The second kappa shape index (κ2) is 7.09. The van der Waals surface area contributed by atoms with Crippen molar-refractivity contribution in [3.8, 4) is 0 Å². The van der Waals surface area contributed by atoms with Crippen LogP contribution < -0.4 is 4.72 Å². The Bertz CT molecular complexity index is 560.